The predicted octanol–water partition coefficient (Wildman–Crippen LogP) is 4.16. The first-order chi connectivity index (χ1) is 13.0. The molecule has 1 unspecified atom stereocenters. The van der Waals surface area contributed by atoms with Crippen molar-refractivity contribution in [3.05, 3.63) is 47.8 Å². The standard InChI is InChI=1S/C21H21N3O2S/c1-13(2)24-11-17(10-19(24)25)20(26)23-21-22-18(12-27-21)16-8-7-14-5-3-4-6-15(14)9-16/h3-9,12-13,17H,10-11H2,1-2H3,(H,22,23,26). The number of thiazole rings is 1. The molecule has 6 heteroatoms. The maximum Gasteiger partial charge on any atom is 0.231 e. The summed E-state index contributed by atoms with van der Waals surface area (Å²) < 4.78 is 0. The number of amides is 2. The van der Waals surface area contributed by atoms with Gasteiger partial charge in [0.15, 0.2) is 5.13 Å². The first-order valence-electron chi connectivity index (χ1n) is 9.06. The summed E-state index contributed by atoms with van der Waals surface area (Å²) in [5, 5.41) is 7.74. The number of hydrogen-bond donors (Lipinski definition) is 1. The Morgan fingerprint density at radius 2 is 2.00 bits per heavy atom. The van der Waals surface area contributed by atoms with Gasteiger partial charge in [-0.3, -0.25) is 9.59 Å². The first kappa shape index (κ1) is 17.7. The quantitative estimate of drug-likeness (QED) is 0.740. The third kappa shape index (κ3) is 3.57. The molecule has 2 aromatic carbocycles. The molecule has 1 saturated heterocycles. The zero-order valence-electron chi connectivity index (χ0n) is 15.3. The van der Waals surface area contributed by atoms with E-state index in [2.05, 4.69) is 34.6 Å². The minimum atomic E-state index is -0.312. The van der Waals surface area contributed by atoms with Gasteiger partial charge in [0.25, 0.3) is 0 Å². The first-order valence-corrected chi connectivity index (χ1v) is 9.94. The molecular formula is C21H21N3O2S. The number of carbonyl (C=O) groups is 2. The molecule has 2 heterocycles. The van der Waals surface area contributed by atoms with Crippen LogP contribution in [0.2, 0.25) is 0 Å². The van der Waals surface area contributed by atoms with Crippen molar-refractivity contribution in [3.63, 3.8) is 0 Å². The fraction of sp³-hybridized carbons (Fsp3) is 0.286. The molecule has 0 spiro atoms. The molecular weight excluding hydrogens is 358 g/mol. The van der Waals surface area contributed by atoms with Gasteiger partial charge in [-0.2, -0.15) is 0 Å². The summed E-state index contributed by atoms with van der Waals surface area (Å²) in [7, 11) is 0. The second-order valence-electron chi connectivity index (χ2n) is 7.13. The van der Waals surface area contributed by atoms with Crippen LogP contribution in [0.4, 0.5) is 5.13 Å². The number of carbonyl (C=O) groups excluding carboxylic acids is 2. The van der Waals surface area contributed by atoms with Crippen LogP contribution in [0.5, 0.6) is 0 Å². The number of aromatic nitrogens is 1. The molecule has 0 radical (unpaired) electrons. The Bertz CT molecular complexity index is 1010. The number of rotatable bonds is 4. The lowest BCUT2D eigenvalue weighted by Gasteiger charge is -2.20. The molecule has 0 saturated carbocycles. The van der Waals surface area contributed by atoms with E-state index in [9.17, 15) is 9.59 Å². The van der Waals surface area contributed by atoms with Crippen molar-refractivity contribution in [1.29, 1.82) is 0 Å². The van der Waals surface area contributed by atoms with Gasteiger partial charge in [0.05, 0.1) is 11.6 Å². The second-order valence-corrected chi connectivity index (χ2v) is 7.99. The molecule has 138 valence electrons. The van der Waals surface area contributed by atoms with Crippen molar-refractivity contribution >= 4 is 39.1 Å². The molecule has 1 N–H and O–H groups in total. The largest absolute Gasteiger partial charge is 0.339 e. The highest BCUT2D eigenvalue weighted by atomic mass is 32.1. The summed E-state index contributed by atoms with van der Waals surface area (Å²) in [6, 6.07) is 14.5. The minimum Gasteiger partial charge on any atom is -0.339 e. The number of fused-ring (bicyclic) bond motifs is 1. The lowest BCUT2D eigenvalue weighted by Crippen LogP contribution is -2.33. The van der Waals surface area contributed by atoms with Crippen LogP contribution in [-0.2, 0) is 9.59 Å². The van der Waals surface area contributed by atoms with Crippen LogP contribution < -0.4 is 5.32 Å². The molecule has 1 aliphatic rings. The average Bonchev–Trinajstić information content (AvgIpc) is 3.28. The number of anilines is 1. The van der Waals surface area contributed by atoms with Crippen LogP contribution in [0.3, 0.4) is 0 Å². The summed E-state index contributed by atoms with van der Waals surface area (Å²) in [5.41, 5.74) is 1.86. The molecule has 5 nitrogen and oxygen atoms in total. The van der Waals surface area contributed by atoms with Gasteiger partial charge in [0.2, 0.25) is 11.8 Å². The summed E-state index contributed by atoms with van der Waals surface area (Å²) in [6.45, 7) is 4.41. The Hall–Kier alpha value is -2.73. The molecule has 0 aliphatic carbocycles. The zero-order chi connectivity index (χ0) is 19.0. The van der Waals surface area contributed by atoms with Crippen LogP contribution in [0, 0.1) is 5.92 Å². The minimum absolute atomic E-state index is 0.0427. The van der Waals surface area contributed by atoms with Gasteiger partial charge >= 0.3 is 0 Å². The Labute approximate surface area is 162 Å². The molecule has 1 fully saturated rings. The summed E-state index contributed by atoms with van der Waals surface area (Å²) in [5.74, 6) is -0.403. The van der Waals surface area contributed by atoms with Gasteiger partial charge in [-0.1, -0.05) is 36.4 Å². The Kier molecular flexibility index (Phi) is 4.66. The van der Waals surface area contributed by atoms with Crippen LogP contribution >= 0.6 is 11.3 Å². The van der Waals surface area contributed by atoms with Gasteiger partial charge in [0.1, 0.15) is 0 Å². The second kappa shape index (κ2) is 7.12. The van der Waals surface area contributed by atoms with E-state index in [1.54, 1.807) is 4.90 Å². The number of nitrogens with zero attached hydrogens (tertiary/aromatic N) is 2. The number of likely N-dealkylation sites (tertiary alicyclic amines) is 1. The Balaban J connectivity index is 1.48. The highest BCUT2D eigenvalue weighted by molar-refractivity contribution is 7.14. The van der Waals surface area contributed by atoms with E-state index in [1.807, 2.05) is 37.4 Å². The normalized spacial score (nSPS) is 17.1. The fourth-order valence-electron chi connectivity index (χ4n) is 3.43. The zero-order valence-corrected chi connectivity index (χ0v) is 16.1. The van der Waals surface area contributed by atoms with Crippen molar-refractivity contribution < 1.29 is 9.59 Å². The SMILES string of the molecule is CC(C)N1CC(C(=O)Nc2nc(-c3ccc4ccccc4c3)cs2)CC1=O. The molecule has 0 bridgehead atoms. The molecule has 4 rings (SSSR count). The monoisotopic (exact) mass is 379 g/mol. The highest BCUT2D eigenvalue weighted by Crippen LogP contribution is 2.29. The Morgan fingerprint density at radius 3 is 2.74 bits per heavy atom. The maximum absolute atomic E-state index is 12.5. The fourth-order valence-corrected chi connectivity index (χ4v) is 4.15. The van der Waals surface area contributed by atoms with E-state index in [4.69, 9.17) is 0 Å². The van der Waals surface area contributed by atoms with Gasteiger partial charge in [0, 0.05) is 30.0 Å². The van der Waals surface area contributed by atoms with Crippen LogP contribution in [0.25, 0.3) is 22.0 Å². The van der Waals surface area contributed by atoms with Crippen molar-refractivity contribution in [2.45, 2.75) is 26.3 Å². The molecule has 1 aromatic heterocycles. The van der Waals surface area contributed by atoms with Gasteiger partial charge in [-0.15, -0.1) is 11.3 Å². The Morgan fingerprint density at radius 1 is 1.22 bits per heavy atom. The number of benzene rings is 2. The molecule has 1 atom stereocenters. The highest BCUT2D eigenvalue weighted by Gasteiger charge is 2.35. The molecule has 2 amide bonds. The van der Waals surface area contributed by atoms with E-state index < -0.39 is 0 Å². The van der Waals surface area contributed by atoms with Crippen LogP contribution in [0.1, 0.15) is 20.3 Å². The average molecular weight is 379 g/mol. The number of hydrogen-bond acceptors (Lipinski definition) is 4. The lowest BCUT2D eigenvalue weighted by molar-refractivity contribution is -0.129. The van der Waals surface area contributed by atoms with Crippen molar-refractivity contribution in [2.75, 3.05) is 11.9 Å². The lowest BCUT2D eigenvalue weighted by atomic mass is 10.1. The molecule has 3 aromatic rings. The molecule has 27 heavy (non-hydrogen) atoms. The number of nitrogens with one attached hydrogen (secondary N) is 1. The maximum atomic E-state index is 12.5. The molecule has 1 aliphatic heterocycles. The van der Waals surface area contributed by atoms with Crippen molar-refractivity contribution in [2.24, 2.45) is 5.92 Å². The predicted molar refractivity (Wildman–Crippen MR) is 109 cm³/mol. The third-order valence-corrected chi connectivity index (χ3v) is 5.69. The summed E-state index contributed by atoms with van der Waals surface area (Å²) in [6.07, 6.45) is 0.271. The van der Waals surface area contributed by atoms with E-state index in [0.29, 0.717) is 11.7 Å². The van der Waals surface area contributed by atoms with Crippen LogP contribution in [-0.4, -0.2) is 34.3 Å². The smallest absolute Gasteiger partial charge is 0.231 e. The van der Waals surface area contributed by atoms with Crippen molar-refractivity contribution in [3.8, 4) is 11.3 Å². The van der Waals surface area contributed by atoms with Gasteiger partial charge in [-0.25, -0.2) is 4.98 Å². The summed E-state index contributed by atoms with van der Waals surface area (Å²) >= 11 is 1.40. The van der Waals surface area contributed by atoms with E-state index in [0.717, 1.165) is 16.6 Å². The van der Waals surface area contributed by atoms with Gasteiger partial charge < -0.3 is 10.2 Å². The topological polar surface area (TPSA) is 62.3 Å². The third-order valence-electron chi connectivity index (χ3n) is 4.93. The van der Waals surface area contributed by atoms with Crippen LogP contribution in [0.15, 0.2) is 47.8 Å². The van der Waals surface area contributed by atoms with E-state index in [1.165, 1.54) is 16.7 Å². The van der Waals surface area contributed by atoms with E-state index in [-0.39, 0.29) is 30.2 Å². The van der Waals surface area contributed by atoms with Crippen molar-refractivity contribution in [1.82, 2.24) is 9.88 Å². The summed E-state index contributed by atoms with van der Waals surface area (Å²) in [4.78, 5) is 30.9. The van der Waals surface area contributed by atoms with E-state index >= 15 is 0 Å². The van der Waals surface area contributed by atoms with Gasteiger partial charge in [-0.05, 0) is 30.7 Å².